The number of fused-ring (bicyclic) bond motifs is 1. The zero-order chi connectivity index (χ0) is 11.0. The first kappa shape index (κ1) is 9.09. The van der Waals surface area contributed by atoms with Crippen LogP contribution in [0.4, 0.5) is 4.39 Å². The fourth-order valence-electron chi connectivity index (χ4n) is 1.62. The van der Waals surface area contributed by atoms with Crippen LogP contribution in [0.5, 0.6) is 0 Å². The molecule has 0 saturated heterocycles. The van der Waals surface area contributed by atoms with E-state index in [4.69, 9.17) is 4.42 Å². The monoisotopic (exact) mass is 212 g/mol. The molecule has 3 aromatic rings. The van der Waals surface area contributed by atoms with Gasteiger partial charge in [0.25, 0.3) is 0 Å². The van der Waals surface area contributed by atoms with E-state index < -0.39 is 5.82 Å². The van der Waals surface area contributed by atoms with Crippen LogP contribution in [0.2, 0.25) is 0 Å². The maximum atomic E-state index is 13.9. The highest BCUT2D eigenvalue weighted by atomic mass is 19.1. The zero-order valence-corrected chi connectivity index (χ0v) is 8.27. The molecule has 77 valence electrons. The normalized spacial score (nSPS) is 10.8. The van der Waals surface area contributed by atoms with E-state index in [0.29, 0.717) is 11.1 Å². The van der Waals surface area contributed by atoms with Crippen molar-refractivity contribution in [1.82, 2.24) is 4.98 Å². The molecular weight excluding hydrogens is 205 g/mol. The molecule has 3 rings (SSSR count). The molecule has 0 amide bonds. The molecule has 1 aromatic carbocycles. The Kier molecular flexibility index (Phi) is 1.96. The van der Waals surface area contributed by atoms with Gasteiger partial charge in [0, 0.05) is 17.8 Å². The predicted molar refractivity (Wildman–Crippen MR) is 58.2 cm³/mol. The SMILES string of the molecule is Fc1c(-c2ccccc2)oc2[c]ccnc12. The Bertz CT molecular complexity index is 631. The minimum absolute atomic E-state index is 0.213. The Morgan fingerprint density at radius 3 is 2.75 bits per heavy atom. The van der Waals surface area contributed by atoms with Crippen LogP contribution in [0.15, 0.2) is 47.0 Å². The molecule has 0 spiro atoms. The van der Waals surface area contributed by atoms with Gasteiger partial charge in [-0.25, -0.2) is 9.37 Å². The summed E-state index contributed by atoms with van der Waals surface area (Å²) in [6, 6.07) is 13.5. The topological polar surface area (TPSA) is 26.0 Å². The van der Waals surface area contributed by atoms with E-state index >= 15 is 0 Å². The van der Waals surface area contributed by atoms with Crippen LogP contribution < -0.4 is 0 Å². The third-order valence-electron chi connectivity index (χ3n) is 2.36. The van der Waals surface area contributed by atoms with E-state index in [1.807, 2.05) is 18.2 Å². The van der Waals surface area contributed by atoms with Crippen molar-refractivity contribution >= 4 is 11.1 Å². The lowest BCUT2D eigenvalue weighted by molar-refractivity contribution is 0.573. The van der Waals surface area contributed by atoms with Gasteiger partial charge in [0.15, 0.2) is 17.2 Å². The Morgan fingerprint density at radius 2 is 2.00 bits per heavy atom. The van der Waals surface area contributed by atoms with Crippen LogP contribution in [0.25, 0.3) is 22.4 Å². The van der Waals surface area contributed by atoms with E-state index in [2.05, 4.69) is 11.1 Å². The number of benzene rings is 1. The van der Waals surface area contributed by atoms with Crippen LogP contribution in [-0.4, -0.2) is 4.98 Å². The van der Waals surface area contributed by atoms with Crippen molar-refractivity contribution in [2.45, 2.75) is 0 Å². The summed E-state index contributed by atoms with van der Waals surface area (Å²) < 4.78 is 19.3. The summed E-state index contributed by atoms with van der Waals surface area (Å²) in [6.07, 6.45) is 1.50. The van der Waals surface area contributed by atoms with Crippen molar-refractivity contribution in [2.24, 2.45) is 0 Å². The molecule has 3 heteroatoms. The minimum atomic E-state index is -0.432. The molecule has 16 heavy (non-hydrogen) atoms. The first-order valence-electron chi connectivity index (χ1n) is 4.86. The van der Waals surface area contributed by atoms with E-state index in [1.165, 1.54) is 6.20 Å². The predicted octanol–water partition coefficient (Wildman–Crippen LogP) is 3.43. The van der Waals surface area contributed by atoms with E-state index in [-0.39, 0.29) is 11.3 Å². The molecule has 0 unspecified atom stereocenters. The molecule has 2 heterocycles. The minimum Gasteiger partial charge on any atom is -0.451 e. The van der Waals surface area contributed by atoms with Crippen LogP contribution in [0, 0.1) is 11.9 Å². The lowest BCUT2D eigenvalue weighted by atomic mass is 10.2. The second kappa shape index (κ2) is 3.45. The maximum absolute atomic E-state index is 13.9. The molecule has 0 aliphatic heterocycles. The van der Waals surface area contributed by atoms with Gasteiger partial charge < -0.3 is 4.42 Å². The quantitative estimate of drug-likeness (QED) is 0.617. The van der Waals surface area contributed by atoms with Gasteiger partial charge in [0.05, 0.1) is 0 Å². The lowest BCUT2D eigenvalue weighted by Crippen LogP contribution is -1.78. The molecule has 1 radical (unpaired) electrons. The highest BCUT2D eigenvalue weighted by Crippen LogP contribution is 2.30. The second-order valence-electron chi connectivity index (χ2n) is 3.38. The average molecular weight is 212 g/mol. The van der Waals surface area contributed by atoms with E-state index in [0.717, 1.165) is 0 Å². The van der Waals surface area contributed by atoms with Gasteiger partial charge in [-0.1, -0.05) is 30.3 Å². The molecule has 0 fully saturated rings. The summed E-state index contributed by atoms with van der Waals surface area (Å²) in [5, 5.41) is 0. The summed E-state index contributed by atoms with van der Waals surface area (Å²) in [5.74, 6) is -0.219. The molecule has 0 bridgehead atoms. The van der Waals surface area contributed by atoms with Crippen LogP contribution in [-0.2, 0) is 0 Å². The van der Waals surface area contributed by atoms with Crippen molar-refractivity contribution < 1.29 is 8.81 Å². The summed E-state index contributed by atoms with van der Waals surface area (Å²) in [7, 11) is 0. The van der Waals surface area contributed by atoms with Gasteiger partial charge in [-0.05, 0) is 6.07 Å². The fourth-order valence-corrected chi connectivity index (χ4v) is 1.62. The van der Waals surface area contributed by atoms with Crippen LogP contribution in [0.3, 0.4) is 0 Å². The zero-order valence-electron chi connectivity index (χ0n) is 8.27. The molecule has 0 N–H and O–H groups in total. The summed E-state index contributed by atoms with van der Waals surface area (Å²) in [5.41, 5.74) is 1.27. The standard InChI is InChI=1S/C13H7FNO/c14-11-12-10(7-4-8-15-12)16-13(11)9-5-2-1-3-6-9/h1-6,8H. The van der Waals surface area contributed by atoms with E-state index in [1.54, 1.807) is 18.2 Å². The van der Waals surface area contributed by atoms with Gasteiger partial charge in [-0.15, -0.1) is 0 Å². The highest BCUT2D eigenvalue weighted by Gasteiger charge is 2.16. The van der Waals surface area contributed by atoms with Crippen LogP contribution >= 0.6 is 0 Å². The molecule has 2 aromatic heterocycles. The number of hydrogen-bond donors (Lipinski definition) is 0. The Balaban J connectivity index is 2.29. The number of aromatic nitrogens is 1. The lowest BCUT2D eigenvalue weighted by Gasteiger charge is -1.94. The number of furan rings is 1. The summed E-state index contributed by atoms with van der Waals surface area (Å²) >= 11 is 0. The van der Waals surface area contributed by atoms with Crippen molar-refractivity contribution in [1.29, 1.82) is 0 Å². The highest BCUT2D eigenvalue weighted by molar-refractivity contribution is 5.79. The molecule has 0 atom stereocenters. The van der Waals surface area contributed by atoms with Crippen molar-refractivity contribution in [2.75, 3.05) is 0 Å². The second-order valence-corrected chi connectivity index (χ2v) is 3.38. The number of hydrogen-bond acceptors (Lipinski definition) is 2. The Labute approximate surface area is 91.3 Å². The third-order valence-corrected chi connectivity index (χ3v) is 2.36. The number of rotatable bonds is 1. The number of halogens is 1. The first-order valence-corrected chi connectivity index (χ1v) is 4.86. The third kappa shape index (κ3) is 1.29. The van der Waals surface area contributed by atoms with Crippen molar-refractivity contribution in [3.63, 3.8) is 0 Å². The largest absolute Gasteiger partial charge is 0.451 e. The molecule has 2 nitrogen and oxygen atoms in total. The number of nitrogens with zero attached hydrogens (tertiary/aromatic N) is 1. The molecule has 0 saturated carbocycles. The Morgan fingerprint density at radius 1 is 1.19 bits per heavy atom. The van der Waals surface area contributed by atoms with Gasteiger partial charge in [-0.3, -0.25) is 0 Å². The van der Waals surface area contributed by atoms with Gasteiger partial charge in [0.2, 0.25) is 0 Å². The van der Waals surface area contributed by atoms with Gasteiger partial charge in [-0.2, -0.15) is 0 Å². The van der Waals surface area contributed by atoms with Crippen molar-refractivity contribution in [3.05, 3.63) is 54.5 Å². The van der Waals surface area contributed by atoms with Gasteiger partial charge >= 0.3 is 0 Å². The van der Waals surface area contributed by atoms with Crippen molar-refractivity contribution in [3.8, 4) is 11.3 Å². The smallest absolute Gasteiger partial charge is 0.195 e. The maximum Gasteiger partial charge on any atom is 0.195 e. The van der Waals surface area contributed by atoms with Gasteiger partial charge in [0.1, 0.15) is 5.52 Å². The summed E-state index contributed by atoms with van der Waals surface area (Å²) in [4.78, 5) is 3.93. The first-order chi connectivity index (χ1) is 7.86. The Hall–Kier alpha value is -2.16. The number of pyridine rings is 1. The van der Waals surface area contributed by atoms with Crippen LogP contribution in [0.1, 0.15) is 0 Å². The molecular formula is C13H7FNO. The molecule has 0 aliphatic rings. The van der Waals surface area contributed by atoms with E-state index in [9.17, 15) is 4.39 Å². The molecule has 0 aliphatic carbocycles. The average Bonchev–Trinajstić information content (AvgIpc) is 2.69. The fraction of sp³-hybridized carbons (Fsp3) is 0. The summed E-state index contributed by atoms with van der Waals surface area (Å²) in [6.45, 7) is 0.